The third kappa shape index (κ3) is 3.89. The van der Waals surface area contributed by atoms with Gasteiger partial charge in [0.1, 0.15) is 11.5 Å². The molecular formula is C14H23NO3. The van der Waals surface area contributed by atoms with Crippen LogP contribution in [0.4, 0.5) is 0 Å². The van der Waals surface area contributed by atoms with Gasteiger partial charge >= 0.3 is 0 Å². The van der Waals surface area contributed by atoms with Gasteiger partial charge in [-0.15, -0.1) is 0 Å². The summed E-state index contributed by atoms with van der Waals surface area (Å²) in [6.07, 6.45) is 2.05. The lowest BCUT2D eigenvalue weighted by atomic mass is 10.0. The van der Waals surface area contributed by atoms with E-state index < -0.39 is 0 Å². The number of phenols is 2. The first-order chi connectivity index (χ1) is 8.60. The van der Waals surface area contributed by atoms with Crippen LogP contribution in [0.25, 0.3) is 0 Å². The Hall–Kier alpha value is -1.26. The summed E-state index contributed by atoms with van der Waals surface area (Å²) in [5.41, 5.74) is 0.537. The zero-order valence-corrected chi connectivity index (χ0v) is 11.3. The number of hydrogen-bond donors (Lipinski definition) is 3. The summed E-state index contributed by atoms with van der Waals surface area (Å²) in [5.74, 6) is 0.227. The number of benzene rings is 1. The van der Waals surface area contributed by atoms with Gasteiger partial charge in [-0.25, -0.2) is 0 Å². The largest absolute Gasteiger partial charge is 0.507 e. The van der Waals surface area contributed by atoms with E-state index in [-0.39, 0.29) is 23.6 Å². The maximum Gasteiger partial charge on any atom is 0.124 e. The molecule has 0 radical (unpaired) electrons. The molecule has 0 aliphatic carbocycles. The van der Waals surface area contributed by atoms with Crippen molar-refractivity contribution in [1.29, 1.82) is 0 Å². The van der Waals surface area contributed by atoms with Gasteiger partial charge in [-0.1, -0.05) is 19.4 Å². The fourth-order valence-corrected chi connectivity index (χ4v) is 2.19. The minimum absolute atomic E-state index is 0.114. The second-order valence-electron chi connectivity index (χ2n) is 4.54. The summed E-state index contributed by atoms with van der Waals surface area (Å²) >= 11 is 0. The molecule has 4 nitrogen and oxygen atoms in total. The number of ether oxygens (including phenoxy) is 1. The molecule has 4 heteroatoms. The van der Waals surface area contributed by atoms with Crippen LogP contribution in [-0.4, -0.2) is 30.0 Å². The lowest BCUT2D eigenvalue weighted by Gasteiger charge is -2.23. The van der Waals surface area contributed by atoms with E-state index in [0.717, 1.165) is 12.8 Å². The lowest BCUT2D eigenvalue weighted by molar-refractivity contribution is 0.156. The van der Waals surface area contributed by atoms with Crippen molar-refractivity contribution in [2.75, 3.05) is 13.7 Å². The van der Waals surface area contributed by atoms with Crippen molar-refractivity contribution in [3.05, 3.63) is 23.8 Å². The molecule has 2 unspecified atom stereocenters. The highest BCUT2D eigenvalue weighted by molar-refractivity contribution is 5.44. The van der Waals surface area contributed by atoms with Gasteiger partial charge < -0.3 is 20.3 Å². The molecule has 102 valence electrons. The average molecular weight is 253 g/mol. The molecule has 0 bridgehead atoms. The average Bonchev–Trinajstić information content (AvgIpc) is 2.29. The van der Waals surface area contributed by atoms with E-state index >= 15 is 0 Å². The van der Waals surface area contributed by atoms with E-state index in [0.29, 0.717) is 12.2 Å². The Morgan fingerprint density at radius 2 is 1.89 bits per heavy atom. The van der Waals surface area contributed by atoms with Crippen LogP contribution in [0.15, 0.2) is 18.2 Å². The van der Waals surface area contributed by atoms with Gasteiger partial charge in [-0.2, -0.15) is 0 Å². The maximum absolute atomic E-state index is 9.80. The van der Waals surface area contributed by atoms with E-state index in [2.05, 4.69) is 12.2 Å². The van der Waals surface area contributed by atoms with Crippen LogP contribution in [0.2, 0.25) is 0 Å². The third-order valence-corrected chi connectivity index (χ3v) is 2.98. The molecule has 18 heavy (non-hydrogen) atoms. The minimum Gasteiger partial charge on any atom is -0.507 e. The first-order valence-corrected chi connectivity index (χ1v) is 6.36. The van der Waals surface area contributed by atoms with Crippen LogP contribution in [0.1, 0.15) is 38.3 Å². The Morgan fingerprint density at radius 3 is 2.39 bits per heavy atom. The molecule has 0 saturated heterocycles. The summed E-state index contributed by atoms with van der Waals surface area (Å²) in [6.45, 7) is 4.66. The normalized spacial score (nSPS) is 14.4. The van der Waals surface area contributed by atoms with Gasteiger partial charge in [0.2, 0.25) is 0 Å². The summed E-state index contributed by atoms with van der Waals surface area (Å²) in [7, 11) is 1.67. The molecule has 1 aromatic rings. The van der Waals surface area contributed by atoms with E-state index in [4.69, 9.17) is 4.74 Å². The predicted molar refractivity (Wildman–Crippen MR) is 71.9 cm³/mol. The molecule has 0 aliphatic heterocycles. The first-order valence-electron chi connectivity index (χ1n) is 6.36. The first kappa shape index (κ1) is 14.8. The maximum atomic E-state index is 9.80. The molecular weight excluding hydrogens is 230 g/mol. The van der Waals surface area contributed by atoms with Gasteiger partial charge in [-0.05, 0) is 25.5 Å². The van der Waals surface area contributed by atoms with Gasteiger partial charge in [0.15, 0.2) is 0 Å². The fraction of sp³-hybridized carbons (Fsp3) is 0.571. The Labute approximate surface area is 109 Å². The predicted octanol–water partition coefficient (Wildman–Crippen LogP) is 2.56. The molecule has 0 aromatic heterocycles. The van der Waals surface area contributed by atoms with Crippen molar-refractivity contribution < 1.29 is 14.9 Å². The van der Waals surface area contributed by atoms with Gasteiger partial charge in [0, 0.05) is 19.2 Å². The number of methoxy groups -OCH3 is 1. The molecule has 1 aromatic carbocycles. The van der Waals surface area contributed by atoms with Crippen LogP contribution in [0.5, 0.6) is 11.5 Å². The summed E-state index contributed by atoms with van der Waals surface area (Å²) < 4.78 is 5.17. The van der Waals surface area contributed by atoms with Crippen molar-refractivity contribution in [1.82, 2.24) is 5.32 Å². The number of nitrogens with one attached hydrogen (secondary N) is 1. The number of rotatable bonds is 7. The van der Waals surface area contributed by atoms with Crippen molar-refractivity contribution in [2.45, 2.75) is 38.8 Å². The molecule has 0 aliphatic rings. The molecule has 0 fully saturated rings. The Kier molecular flexibility index (Phi) is 5.95. The SMILES string of the molecule is CCCC(COC)NC(C)c1c(O)cccc1O. The third-order valence-electron chi connectivity index (χ3n) is 2.98. The molecule has 0 amide bonds. The topological polar surface area (TPSA) is 61.7 Å². The quantitative estimate of drug-likeness (QED) is 0.699. The van der Waals surface area contributed by atoms with Crippen LogP contribution in [0.3, 0.4) is 0 Å². The monoisotopic (exact) mass is 253 g/mol. The van der Waals surface area contributed by atoms with Crippen LogP contribution in [0, 0.1) is 0 Å². The molecule has 0 saturated carbocycles. The molecule has 1 rings (SSSR count). The Morgan fingerprint density at radius 1 is 1.28 bits per heavy atom. The highest BCUT2D eigenvalue weighted by Gasteiger charge is 2.18. The highest BCUT2D eigenvalue weighted by Crippen LogP contribution is 2.32. The molecule has 3 N–H and O–H groups in total. The van der Waals surface area contributed by atoms with Gasteiger partial charge in [0.25, 0.3) is 0 Å². The number of phenolic OH excluding ortho intramolecular Hbond substituents is 2. The minimum atomic E-state index is -0.127. The second-order valence-corrected chi connectivity index (χ2v) is 4.54. The Bertz CT molecular complexity index is 342. The summed E-state index contributed by atoms with van der Waals surface area (Å²) in [5, 5.41) is 23.0. The van der Waals surface area contributed by atoms with Crippen LogP contribution < -0.4 is 5.32 Å². The molecule has 0 heterocycles. The number of hydrogen-bond acceptors (Lipinski definition) is 4. The fourth-order valence-electron chi connectivity index (χ4n) is 2.19. The number of aromatic hydroxyl groups is 2. The van der Waals surface area contributed by atoms with Gasteiger partial charge in [0.05, 0.1) is 12.2 Å². The smallest absolute Gasteiger partial charge is 0.124 e. The zero-order chi connectivity index (χ0) is 13.5. The lowest BCUT2D eigenvalue weighted by Crippen LogP contribution is -2.35. The zero-order valence-electron chi connectivity index (χ0n) is 11.3. The Balaban J connectivity index is 2.76. The summed E-state index contributed by atoms with van der Waals surface area (Å²) in [4.78, 5) is 0. The van der Waals surface area contributed by atoms with Crippen molar-refractivity contribution in [3.8, 4) is 11.5 Å². The molecule has 2 atom stereocenters. The highest BCUT2D eigenvalue weighted by atomic mass is 16.5. The molecule has 0 spiro atoms. The van der Waals surface area contributed by atoms with E-state index in [1.165, 1.54) is 0 Å². The standard InChI is InChI=1S/C14H23NO3/c1-4-6-11(9-18-3)15-10(2)14-12(16)7-5-8-13(14)17/h5,7-8,10-11,15-17H,4,6,9H2,1-3H3. The van der Waals surface area contributed by atoms with E-state index in [9.17, 15) is 10.2 Å². The van der Waals surface area contributed by atoms with E-state index in [1.54, 1.807) is 25.3 Å². The van der Waals surface area contributed by atoms with E-state index in [1.807, 2.05) is 6.92 Å². The van der Waals surface area contributed by atoms with Crippen LogP contribution >= 0.6 is 0 Å². The van der Waals surface area contributed by atoms with Crippen LogP contribution in [-0.2, 0) is 4.74 Å². The van der Waals surface area contributed by atoms with Crippen molar-refractivity contribution in [2.24, 2.45) is 0 Å². The van der Waals surface area contributed by atoms with Gasteiger partial charge in [-0.3, -0.25) is 0 Å². The summed E-state index contributed by atoms with van der Waals surface area (Å²) in [6, 6.07) is 4.88. The van der Waals surface area contributed by atoms with Crippen molar-refractivity contribution in [3.63, 3.8) is 0 Å². The van der Waals surface area contributed by atoms with Crippen molar-refractivity contribution >= 4 is 0 Å². The second kappa shape index (κ2) is 7.24.